The molecule has 0 spiro atoms. The van der Waals surface area contributed by atoms with Crippen LogP contribution in [0.1, 0.15) is 67.9 Å². The van der Waals surface area contributed by atoms with E-state index in [1.54, 1.807) is 0 Å². The first kappa shape index (κ1) is 22.3. The lowest BCUT2D eigenvalue weighted by Crippen LogP contribution is -2.62. The van der Waals surface area contributed by atoms with E-state index in [1.165, 1.54) is 62.7 Å². The molecule has 4 nitrogen and oxygen atoms in total. The molecule has 7 rings (SSSR count). The minimum Gasteiger partial charge on any atom is -0.461 e. The normalized spacial score (nSPS) is 33.9. The van der Waals surface area contributed by atoms with Crippen molar-refractivity contribution in [2.75, 3.05) is 32.7 Å². The number of esters is 1. The predicted molar refractivity (Wildman–Crippen MR) is 135 cm³/mol. The van der Waals surface area contributed by atoms with E-state index in [0.717, 1.165) is 19.5 Å². The summed E-state index contributed by atoms with van der Waals surface area (Å²) < 4.78 is 6.47. The monoisotopic (exact) mass is 458 g/mol. The maximum absolute atomic E-state index is 13.2. The highest BCUT2D eigenvalue weighted by Crippen LogP contribution is 2.60. The van der Waals surface area contributed by atoms with E-state index < -0.39 is 0 Å². The third-order valence-electron chi connectivity index (χ3n) is 9.21. The van der Waals surface area contributed by atoms with Crippen molar-refractivity contribution in [3.8, 4) is 0 Å². The van der Waals surface area contributed by atoms with Crippen LogP contribution in [0.15, 0.2) is 60.7 Å². The van der Waals surface area contributed by atoms with Gasteiger partial charge in [0, 0.05) is 17.9 Å². The Labute approximate surface area is 204 Å². The molecule has 3 saturated carbocycles. The largest absolute Gasteiger partial charge is 0.461 e. The number of carbonyl (C=O) groups is 1. The van der Waals surface area contributed by atoms with Gasteiger partial charge >= 0.3 is 5.97 Å². The van der Waals surface area contributed by atoms with E-state index >= 15 is 0 Å². The minimum absolute atomic E-state index is 0.0188. The molecule has 34 heavy (non-hydrogen) atoms. The van der Waals surface area contributed by atoms with Crippen LogP contribution in [0.25, 0.3) is 0 Å². The van der Waals surface area contributed by atoms with Crippen molar-refractivity contribution in [3.05, 3.63) is 71.8 Å². The minimum atomic E-state index is -0.0198. The Kier molecular flexibility index (Phi) is 6.21. The van der Waals surface area contributed by atoms with E-state index in [1.807, 2.05) is 0 Å². The van der Waals surface area contributed by atoms with Crippen molar-refractivity contribution >= 4 is 5.97 Å². The molecule has 2 aliphatic heterocycles. The standard InChI is InChI=1S/C30H38N2O2/c33-28(22-31-15-7-8-16-31)34-27-21-30(32-17-9-10-18-32)19-25(23-11-3-1-4-12-23)29(27)26(20-30)24-13-5-2-6-14-24/h1-6,11-14,25-27,29H,7-10,15-22H2. The van der Waals surface area contributed by atoms with Gasteiger partial charge in [-0.1, -0.05) is 60.7 Å². The first-order valence-corrected chi connectivity index (χ1v) is 13.5. The molecule has 2 bridgehead atoms. The fraction of sp³-hybridized carbons (Fsp3) is 0.567. The highest BCUT2D eigenvalue weighted by Gasteiger charge is 2.59. The molecule has 2 aromatic rings. The van der Waals surface area contributed by atoms with Gasteiger partial charge in [0.05, 0.1) is 6.54 Å². The lowest BCUT2D eigenvalue weighted by Gasteiger charge is -2.61. The Hall–Kier alpha value is -2.17. The van der Waals surface area contributed by atoms with E-state index in [9.17, 15) is 4.79 Å². The average Bonchev–Trinajstić information content (AvgIpc) is 3.60. The highest BCUT2D eigenvalue weighted by molar-refractivity contribution is 5.72. The molecule has 4 heteroatoms. The summed E-state index contributed by atoms with van der Waals surface area (Å²) in [6.07, 6.45) is 8.32. The van der Waals surface area contributed by atoms with E-state index in [2.05, 4.69) is 70.5 Å². The van der Waals surface area contributed by atoms with Crippen LogP contribution in [0.5, 0.6) is 0 Å². The van der Waals surface area contributed by atoms with E-state index in [4.69, 9.17) is 4.74 Å². The summed E-state index contributed by atoms with van der Waals surface area (Å²) in [6.45, 7) is 4.87. The van der Waals surface area contributed by atoms with Gasteiger partial charge in [0.25, 0.3) is 0 Å². The third kappa shape index (κ3) is 4.20. The molecule has 0 amide bonds. The molecule has 2 saturated heterocycles. The number of hydrogen-bond acceptors (Lipinski definition) is 4. The molecule has 2 heterocycles. The second kappa shape index (κ2) is 9.47. The van der Waals surface area contributed by atoms with Gasteiger partial charge in [-0.3, -0.25) is 14.6 Å². The highest BCUT2D eigenvalue weighted by atomic mass is 16.5. The molecular weight excluding hydrogens is 420 g/mol. The second-order valence-corrected chi connectivity index (χ2v) is 11.2. The van der Waals surface area contributed by atoms with Gasteiger partial charge in [-0.2, -0.15) is 0 Å². The number of likely N-dealkylation sites (tertiary alicyclic amines) is 2. The van der Waals surface area contributed by atoms with Crippen molar-refractivity contribution in [1.29, 1.82) is 0 Å². The van der Waals surface area contributed by atoms with Crippen LogP contribution in [0.2, 0.25) is 0 Å². The zero-order chi connectivity index (χ0) is 23.0. The summed E-state index contributed by atoms with van der Waals surface area (Å²) in [5, 5.41) is 0. The molecule has 3 aliphatic carbocycles. The zero-order valence-corrected chi connectivity index (χ0v) is 20.3. The Morgan fingerprint density at radius 1 is 0.765 bits per heavy atom. The molecule has 5 aliphatic rings. The number of carbonyl (C=O) groups excluding carboxylic acids is 1. The van der Waals surface area contributed by atoms with Crippen molar-refractivity contribution in [1.82, 2.24) is 9.80 Å². The summed E-state index contributed by atoms with van der Waals surface area (Å²) in [5.41, 5.74) is 2.94. The van der Waals surface area contributed by atoms with Gasteiger partial charge in [0.2, 0.25) is 0 Å². The SMILES string of the molecule is O=C(CN1CCCC1)OC1CC2(N3CCCC3)CC(c3ccccc3)C1C(c1ccccc1)C2. The number of benzene rings is 2. The fourth-order valence-electron chi connectivity index (χ4n) is 7.76. The molecule has 180 valence electrons. The number of ether oxygens (including phenoxy) is 1. The van der Waals surface area contributed by atoms with Crippen molar-refractivity contribution < 1.29 is 9.53 Å². The Bertz CT molecular complexity index is 916. The van der Waals surface area contributed by atoms with Crippen LogP contribution in [-0.4, -0.2) is 60.1 Å². The summed E-state index contributed by atoms with van der Waals surface area (Å²) in [6, 6.07) is 22.1. The van der Waals surface area contributed by atoms with Crippen LogP contribution in [-0.2, 0) is 9.53 Å². The maximum atomic E-state index is 13.2. The predicted octanol–water partition coefficient (Wildman–Crippen LogP) is 5.21. The van der Waals surface area contributed by atoms with Gasteiger partial charge in [-0.05, 0) is 87.7 Å². The van der Waals surface area contributed by atoms with Gasteiger partial charge in [-0.15, -0.1) is 0 Å². The zero-order valence-electron chi connectivity index (χ0n) is 20.3. The molecule has 3 unspecified atom stereocenters. The molecule has 3 atom stereocenters. The van der Waals surface area contributed by atoms with Crippen molar-refractivity contribution in [2.24, 2.45) is 5.92 Å². The number of hydrogen-bond donors (Lipinski definition) is 0. The maximum Gasteiger partial charge on any atom is 0.320 e. The molecule has 2 aromatic carbocycles. The topological polar surface area (TPSA) is 32.8 Å². The Morgan fingerprint density at radius 2 is 1.29 bits per heavy atom. The van der Waals surface area contributed by atoms with Crippen LogP contribution < -0.4 is 0 Å². The smallest absolute Gasteiger partial charge is 0.320 e. The number of fused-ring (bicyclic) bond motifs is 3. The summed E-state index contributed by atoms with van der Waals surface area (Å²) in [7, 11) is 0. The van der Waals surface area contributed by atoms with Crippen LogP contribution in [0.3, 0.4) is 0 Å². The molecule has 0 N–H and O–H groups in total. The van der Waals surface area contributed by atoms with Crippen molar-refractivity contribution in [3.63, 3.8) is 0 Å². The van der Waals surface area contributed by atoms with Crippen LogP contribution in [0.4, 0.5) is 0 Å². The molecule has 5 fully saturated rings. The summed E-state index contributed by atoms with van der Waals surface area (Å²) in [5.74, 6) is 1.14. The van der Waals surface area contributed by atoms with Gasteiger partial charge in [-0.25, -0.2) is 0 Å². The third-order valence-corrected chi connectivity index (χ3v) is 9.21. The summed E-state index contributed by atoms with van der Waals surface area (Å²) >= 11 is 0. The van der Waals surface area contributed by atoms with Crippen LogP contribution >= 0.6 is 0 Å². The number of rotatable bonds is 6. The van der Waals surface area contributed by atoms with Gasteiger partial charge in [0.1, 0.15) is 6.10 Å². The quantitative estimate of drug-likeness (QED) is 0.557. The first-order chi connectivity index (χ1) is 16.7. The lowest BCUT2D eigenvalue weighted by molar-refractivity contribution is -0.169. The Morgan fingerprint density at radius 3 is 1.85 bits per heavy atom. The number of nitrogens with zero attached hydrogens (tertiary/aromatic N) is 2. The average molecular weight is 459 g/mol. The molecule has 0 aromatic heterocycles. The lowest BCUT2D eigenvalue weighted by atomic mass is 9.51. The van der Waals surface area contributed by atoms with Crippen molar-refractivity contribution in [2.45, 2.75) is 68.4 Å². The van der Waals surface area contributed by atoms with Crippen LogP contribution in [0, 0.1) is 5.92 Å². The fourth-order valence-corrected chi connectivity index (χ4v) is 7.76. The van der Waals surface area contributed by atoms with E-state index in [-0.39, 0.29) is 17.6 Å². The van der Waals surface area contributed by atoms with Gasteiger partial charge < -0.3 is 4.74 Å². The Balaban J connectivity index is 1.37. The van der Waals surface area contributed by atoms with Gasteiger partial charge in [0.15, 0.2) is 0 Å². The molecule has 0 radical (unpaired) electrons. The second-order valence-electron chi connectivity index (χ2n) is 11.2. The van der Waals surface area contributed by atoms with E-state index in [0.29, 0.717) is 24.3 Å². The molecular formula is C30H38N2O2. The summed E-state index contributed by atoms with van der Waals surface area (Å²) in [4.78, 5) is 18.2. The first-order valence-electron chi connectivity index (χ1n) is 13.5.